The van der Waals surface area contributed by atoms with Crippen molar-refractivity contribution in [1.29, 1.82) is 0 Å². The Bertz CT molecular complexity index is 287. The van der Waals surface area contributed by atoms with E-state index < -0.39 is 0 Å². The molecule has 1 aromatic heterocycles. The van der Waals surface area contributed by atoms with Gasteiger partial charge in [-0.15, -0.1) is 11.3 Å². The fourth-order valence-corrected chi connectivity index (χ4v) is 1.41. The van der Waals surface area contributed by atoms with Gasteiger partial charge < -0.3 is 0 Å². The standard InChI is InChI=1S/C6H8N4S/c1-4(9-10-7)6-3-11-5(2)8-6/h3-4H,1-2H3/t4-/m1/s1. The Labute approximate surface area is 68.5 Å². The van der Waals surface area contributed by atoms with Crippen LogP contribution < -0.4 is 0 Å². The predicted molar refractivity (Wildman–Crippen MR) is 44.4 cm³/mol. The van der Waals surface area contributed by atoms with Gasteiger partial charge in [0.15, 0.2) is 0 Å². The van der Waals surface area contributed by atoms with Gasteiger partial charge in [-0.05, 0) is 12.5 Å². The molecule has 0 saturated carbocycles. The first kappa shape index (κ1) is 8.04. The first-order valence-corrected chi connectivity index (χ1v) is 4.08. The summed E-state index contributed by atoms with van der Waals surface area (Å²) in [5.41, 5.74) is 8.99. The second-order valence-electron chi connectivity index (χ2n) is 2.17. The Morgan fingerprint density at radius 2 is 2.55 bits per heavy atom. The van der Waals surface area contributed by atoms with Gasteiger partial charge in [-0.2, -0.15) is 0 Å². The Morgan fingerprint density at radius 3 is 3.00 bits per heavy atom. The molecular weight excluding hydrogens is 160 g/mol. The lowest BCUT2D eigenvalue weighted by Gasteiger charge is -1.95. The van der Waals surface area contributed by atoms with Crippen molar-refractivity contribution in [2.24, 2.45) is 5.11 Å². The van der Waals surface area contributed by atoms with E-state index in [9.17, 15) is 0 Å². The molecule has 1 heterocycles. The largest absolute Gasteiger partial charge is 0.246 e. The molecule has 0 amide bonds. The molecule has 58 valence electrons. The molecule has 0 N–H and O–H groups in total. The molecule has 0 aliphatic carbocycles. The van der Waals surface area contributed by atoms with Crippen LogP contribution in [0.4, 0.5) is 0 Å². The van der Waals surface area contributed by atoms with E-state index in [1.165, 1.54) is 0 Å². The maximum atomic E-state index is 8.14. The van der Waals surface area contributed by atoms with E-state index in [4.69, 9.17) is 5.53 Å². The molecule has 1 aromatic rings. The Morgan fingerprint density at radius 1 is 1.82 bits per heavy atom. The fourth-order valence-electron chi connectivity index (χ4n) is 0.709. The Balaban J connectivity index is 2.84. The molecule has 11 heavy (non-hydrogen) atoms. The van der Waals surface area contributed by atoms with Gasteiger partial charge in [0, 0.05) is 10.3 Å². The van der Waals surface area contributed by atoms with E-state index in [1.807, 2.05) is 19.2 Å². The van der Waals surface area contributed by atoms with Crippen molar-refractivity contribution >= 4 is 11.3 Å². The van der Waals surface area contributed by atoms with Crippen molar-refractivity contribution < 1.29 is 0 Å². The third-order valence-corrected chi connectivity index (χ3v) is 2.08. The smallest absolute Gasteiger partial charge is 0.0897 e. The van der Waals surface area contributed by atoms with Crippen molar-refractivity contribution in [3.63, 3.8) is 0 Å². The molecule has 4 nitrogen and oxygen atoms in total. The van der Waals surface area contributed by atoms with Crippen LogP contribution in [0.25, 0.3) is 10.4 Å². The highest BCUT2D eigenvalue weighted by Crippen LogP contribution is 2.18. The zero-order valence-corrected chi connectivity index (χ0v) is 7.17. The van der Waals surface area contributed by atoms with Gasteiger partial charge in [-0.3, -0.25) is 0 Å². The number of thiazole rings is 1. The average molecular weight is 168 g/mol. The summed E-state index contributed by atoms with van der Waals surface area (Å²) in [6, 6.07) is -0.148. The lowest BCUT2D eigenvalue weighted by Crippen LogP contribution is -1.87. The van der Waals surface area contributed by atoms with E-state index >= 15 is 0 Å². The maximum absolute atomic E-state index is 8.14. The molecule has 0 spiro atoms. The maximum Gasteiger partial charge on any atom is 0.0897 e. The van der Waals surface area contributed by atoms with E-state index in [0.29, 0.717) is 0 Å². The van der Waals surface area contributed by atoms with Gasteiger partial charge >= 0.3 is 0 Å². The van der Waals surface area contributed by atoms with Gasteiger partial charge in [0.1, 0.15) is 0 Å². The van der Waals surface area contributed by atoms with Crippen LogP contribution in [-0.4, -0.2) is 4.98 Å². The average Bonchev–Trinajstić information content (AvgIpc) is 2.36. The summed E-state index contributed by atoms with van der Waals surface area (Å²) in [6.45, 7) is 3.76. The van der Waals surface area contributed by atoms with Crippen molar-refractivity contribution in [3.05, 3.63) is 26.5 Å². The zero-order valence-electron chi connectivity index (χ0n) is 6.35. The number of azide groups is 1. The minimum absolute atomic E-state index is 0.148. The van der Waals surface area contributed by atoms with E-state index in [-0.39, 0.29) is 6.04 Å². The van der Waals surface area contributed by atoms with Crippen molar-refractivity contribution in [2.75, 3.05) is 0 Å². The summed E-state index contributed by atoms with van der Waals surface area (Å²) in [6.07, 6.45) is 0. The molecule has 0 radical (unpaired) electrons. The number of hydrogen-bond acceptors (Lipinski definition) is 3. The minimum Gasteiger partial charge on any atom is -0.246 e. The Hall–Kier alpha value is -1.06. The van der Waals surface area contributed by atoms with Crippen molar-refractivity contribution in [3.8, 4) is 0 Å². The summed E-state index contributed by atoms with van der Waals surface area (Å²) >= 11 is 1.56. The van der Waals surface area contributed by atoms with Gasteiger partial charge in [-0.25, -0.2) is 4.98 Å². The van der Waals surface area contributed by atoms with Crippen molar-refractivity contribution in [2.45, 2.75) is 19.9 Å². The molecule has 0 aliphatic heterocycles. The van der Waals surface area contributed by atoms with Crippen LogP contribution in [0.5, 0.6) is 0 Å². The third-order valence-electron chi connectivity index (χ3n) is 1.29. The van der Waals surface area contributed by atoms with Crippen LogP contribution in [-0.2, 0) is 0 Å². The summed E-state index contributed by atoms with van der Waals surface area (Å²) < 4.78 is 0. The van der Waals surface area contributed by atoms with E-state index in [1.54, 1.807) is 11.3 Å². The van der Waals surface area contributed by atoms with Crippen LogP contribution in [0.15, 0.2) is 10.5 Å². The monoisotopic (exact) mass is 168 g/mol. The van der Waals surface area contributed by atoms with Gasteiger partial charge in [-0.1, -0.05) is 12.0 Å². The van der Waals surface area contributed by atoms with Gasteiger partial charge in [0.25, 0.3) is 0 Å². The molecule has 0 saturated heterocycles. The molecular formula is C6H8N4S. The highest BCUT2D eigenvalue weighted by molar-refractivity contribution is 7.09. The van der Waals surface area contributed by atoms with Gasteiger partial charge in [0.2, 0.25) is 0 Å². The molecule has 0 fully saturated rings. The van der Waals surface area contributed by atoms with Crippen LogP contribution in [0.3, 0.4) is 0 Å². The number of nitrogens with zero attached hydrogens (tertiary/aromatic N) is 4. The second-order valence-corrected chi connectivity index (χ2v) is 3.23. The second kappa shape index (κ2) is 3.37. The Kier molecular flexibility index (Phi) is 2.46. The lowest BCUT2D eigenvalue weighted by atomic mass is 10.3. The SMILES string of the molecule is Cc1nc([C@@H](C)N=[N+]=[N-])cs1. The van der Waals surface area contributed by atoms with E-state index in [2.05, 4.69) is 15.0 Å². The normalized spacial score (nSPS) is 12.2. The zero-order chi connectivity index (χ0) is 8.27. The van der Waals surface area contributed by atoms with Crippen LogP contribution >= 0.6 is 11.3 Å². The van der Waals surface area contributed by atoms with Gasteiger partial charge in [0.05, 0.1) is 16.7 Å². The first-order chi connectivity index (χ1) is 5.24. The molecule has 0 aromatic carbocycles. The molecule has 1 rings (SSSR count). The van der Waals surface area contributed by atoms with Crippen molar-refractivity contribution in [1.82, 2.24) is 4.98 Å². The molecule has 0 bridgehead atoms. The topological polar surface area (TPSA) is 61.7 Å². The summed E-state index contributed by atoms with van der Waals surface area (Å²) in [7, 11) is 0. The van der Waals surface area contributed by atoms with Crippen LogP contribution in [0.2, 0.25) is 0 Å². The number of aromatic nitrogens is 1. The summed E-state index contributed by atoms with van der Waals surface area (Å²) in [4.78, 5) is 6.89. The molecule has 5 heteroatoms. The summed E-state index contributed by atoms with van der Waals surface area (Å²) in [5.74, 6) is 0. The molecule has 0 unspecified atom stereocenters. The molecule has 0 aliphatic rings. The fraction of sp³-hybridized carbons (Fsp3) is 0.500. The van der Waals surface area contributed by atoms with Crippen LogP contribution in [0, 0.1) is 6.92 Å². The predicted octanol–water partition coefficient (Wildman–Crippen LogP) is 2.82. The number of aryl methyl sites for hydroxylation is 1. The lowest BCUT2D eigenvalue weighted by molar-refractivity contribution is 0.777. The van der Waals surface area contributed by atoms with E-state index in [0.717, 1.165) is 10.7 Å². The number of rotatable bonds is 2. The first-order valence-electron chi connectivity index (χ1n) is 3.20. The minimum atomic E-state index is -0.148. The third kappa shape index (κ3) is 1.93. The highest BCUT2D eigenvalue weighted by atomic mass is 32.1. The van der Waals surface area contributed by atoms with Crippen LogP contribution in [0.1, 0.15) is 23.7 Å². The quantitative estimate of drug-likeness (QED) is 0.380. The molecule has 1 atom stereocenters. The number of hydrogen-bond donors (Lipinski definition) is 0. The summed E-state index contributed by atoms with van der Waals surface area (Å²) in [5, 5.41) is 6.44. The highest BCUT2D eigenvalue weighted by Gasteiger charge is 2.04.